The normalized spacial score (nSPS) is 10.5. The molecule has 21 heavy (non-hydrogen) atoms. The van der Waals surface area contributed by atoms with Crippen molar-refractivity contribution in [3.63, 3.8) is 0 Å². The van der Waals surface area contributed by atoms with Crippen LogP contribution in [-0.4, -0.2) is 40.6 Å². The smallest absolute Gasteiger partial charge is 0.323 e. The minimum Gasteiger partial charge on any atom is -0.463 e. The van der Waals surface area contributed by atoms with E-state index in [1.165, 1.54) is 0 Å². The van der Waals surface area contributed by atoms with Gasteiger partial charge in [-0.05, 0) is 13.3 Å². The average molecular weight is 308 g/mol. The number of nitrogens with zero attached hydrogens (tertiary/aromatic N) is 5. The van der Waals surface area contributed by atoms with Gasteiger partial charge in [0, 0.05) is 19.5 Å². The van der Waals surface area contributed by atoms with Crippen LogP contribution in [0.5, 0.6) is 6.01 Å². The molecule has 0 saturated carbocycles. The van der Waals surface area contributed by atoms with Gasteiger partial charge in [0.2, 0.25) is 11.9 Å². The molecule has 0 spiro atoms. The fourth-order valence-corrected chi connectivity index (χ4v) is 2.28. The van der Waals surface area contributed by atoms with Crippen LogP contribution >= 0.6 is 11.3 Å². The molecule has 0 aromatic carbocycles. The molecule has 0 radical (unpaired) electrons. The van der Waals surface area contributed by atoms with E-state index in [2.05, 4.69) is 25.3 Å². The fraction of sp³-hybridized carbons (Fsp3) is 0.538. The highest BCUT2D eigenvalue weighted by atomic mass is 32.1. The summed E-state index contributed by atoms with van der Waals surface area (Å²) in [6.45, 7) is 5.26. The molecule has 0 fully saturated rings. The Hall–Kier alpha value is -1.96. The van der Waals surface area contributed by atoms with Crippen molar-refractivity contribution in [2.75, 3.05) is 30.9 Å². The van der Waals surface area contributed by atoms with Crippen molar-refractivity contribution in [1.82, 2.24) is 19.9 Å². The zero-order chi connectivity index (χ0) is 15.2. The minimum atomic E-state index is 0.340. The summed E-state index contributed by atoms with van der Waals surface area (Å²) in [7, 11) is 3.69. The van der Waals surface area contributed by atoms with Crippen molar-refractivity contribution < 1.29 is 4.74 Å². The number of nitrogens with one attached hydrogen (secondary N) is 1. The first kappa shape index (κ1) is 15.4. The maximum Gasteiger partial charge on any atom is 0.323 e. The van der Waals surface area contributed by atoms with Gasteiger partial charge in [-0.1, -0.05) is 6.92 Å². The molecule has 0 aliphatic rings. The monoisotopic (exact) mass is 308 g/mol. The first-order valence-corrected chi connectivity index (χ1v) is 7.69. The lowest BCUT2D eigenvalue weighted by molar-refractivity contribution is 0.292. The maximum atomic E-state index is 5.50. The number of hydrogen-bond donors (Lipinski definition) is 1. The van der Waals surface area contributed by atoms with Crippen molar-refractivity contribution in [1.29, 1.82) is 0 Å². The second-order valence-electron chi connectivity index (χ2n) is 4.55. The second kappa shape index (κ2) is 7.16. The molecule has 8 heteroatoms. The Kier molecular flexibility index (Phi) is 5.26. The van der Waals surface area contributed by atoms with Crippen LogP contribution in [0.2, 0.25) is 0 Å². The van der Waals surface area contributed by atoms with E-state index < -0.39 is 0 Å². The number of anilines is 2. The van der Waals surface area contributed by atoms with Gasteiger partial charge >= 0.3 is 6.01 Å². The van der Waals surface area contributed by atoms with Gasteiger partial charge in [0.15, 0.2) is 0 Å². The third kappa shape index (κ3) is 4.25. The SMILES string of the molecule is CCCOc1nc(NC)nc(N(C)Cc2csc(C)n2)n1. The van der Waals surface area contributed by atoms with Crippen LogP contribution in [-0.2, 0) is 6.54 Å². The molecule has 0 unspecified atom stereocenters. The molecule has 2 aromatic rings. The molecule has 2 rings (SSSR count). The van der Waals surface area contributed by atoms with Gasteiger partial charge in [-0.25, -0.2) is 4.98 Å². The molecule has 0 saturated heterocycles. The van der Waals surface area contributed by atoms with Crippen LogP contribution in [0, 0.1) is 6.92 Å². The van der Waals surface area contributed by atoms with Gasteiger partial charge in [-0.2, -0.15) is 15.0 Å². The van der Waals surface area contributed by atoms with Crippen molar-refractivity contribution >= 4 is 23.2 Å². The van der Waals surface area contributed by atoms with E-state index >= 15 is 0 Å². The van der Waals surface area contributed by atoms with Crippen LogP contribution < -0.4 is 15.0 Å². The lowest BCUT2D eigenvalue weighted by Gasteiger charge is -2.17. The van der Waals surface area contributed by atoms with E-state index in [1.807, 2.05) is 31.2 Å². The Morgan fingerprint density at radius 2 is 2.10 bits per heavy atom. The van der Waals surface area contributed by atoms with E-state index in [0.29, 0.717) is 31.1 Å². The Morgan fingerprint density at radius 3 is 2.71 bits per heavy atom. The van der Waals surface area contributed by atoms with E-state index in [1.54, 1.807) is 18.4 Å². The quantitative estimate of drug-likeness (QED) is 0.839. The predicted molar refractivity (Wildman–Crippen MR) is 84.1 cm³/mol. The molecule has 1 N–H and O–H groups in total. The number of aryl methyl sites for hydroxylation is 1. The van der Waals surface area contributed by atoms with Gasteiger partial charge in [-0.15, -0.1) is 11.3 Å². The average Bonchev–Trinajstić information content (AvgIpc) is 2.89. The van der Waals surface area contributed by atoms with Gasteiger partial charge in [0.05, 0.1) is 23.9 Å². The van der Waals surface area contributed by atoms with Gasteiger partial charge < -0.3 is 15.0 Å². The number of thiazole rings is 1. The van der Waals surface area contributed by atoms with E-state index in [0.717, 1.165) is 17.1 Å². The highest BCUT2D eigenvalue weighted by Crippen LogP contribution is 2.17. The van der Waals surface area contributed by atoms with E-state index in [-0.39, 0.29) is 0 Å². The molecule has 2 heterocycles. The fourth-order valence-electron chi connectivity index (χ4n) is 1.68. The molecule has 7 nitrogen and oxygen atoms in total. The standard InChI is InChI=1S/C13H20N6OS/c1-5-6-20-13-17-11(14-3)16-12(18-13)19(4)7-10-8-21-9(2)15-10/h8H,5-7H2,1-4H3,(H,14,16,17,18). The number of aromatic nitrogens is 4. The summed E-state index contributed by atoms with van der Waals surface area (Å²) in [6, 6.07) is 0.340. The Bertz CT molecular complexity index is 588. The first-order chi connectivity index (χ1) is 10.1. The molecule has 0 aliphatic carbocycles. The second-order valence-corrected chi connectivity index (χ2v) is 5.62. The minimum absolute atomic E-state index is 0.340. The molecular formula is C13H20N6OS. The molecule has 0 atom stereocenters. The zero-order valence-electron chi connectivity index (χ0n) is 12.8. The van der Waals surface area contributed by atoms with Crippen LogP contribution in [0.25, 0.3) is 0 Å². The molecule has 0 aliphatic heterocycles. The molecular weight excluding hydrogens is 288 g/mol. The molecule has 2 aromatic heterocycles. The van der Waals surface area contributed by atoms with Crippen molar-refractivity contribution in [3.8, 4) is 6.01 Å². The highest BCUT2D eigenvalue weighted by Gasteiger charge is 2.12. The van der Waals surface area contributed by atoms with E-state index in [9.17, 15) is 0 Å². The third-order valence-corrected chi connectivity index (χ3v) is 3.49. The highest BCUT2D eigenvalue weighted by molar-refractivity contribution is 7.09. The molecule has 114 valence electrons. The topological polar surface area (TPSA) is 76.1 Å². The van der Waals surface area contributed by atoms with Crippen LogP contribution in [0.4, 0.5) is 11.9 Å². The lowest BCUT2D eigenvalue weighted by atomic mass is 10.4. The summed E-state index contributed by atoms with van der Waals surface area (Å²) in [6.07, 6.45) is 0.907. The molecule has 0 amide bonds. The van der Waals surface area contributed by atoms with Crippen LogP contribution in [0.15, 0.2) is 5.38 Å². The largest absolute Gasteiger partial charge is 0.463 e. The molecule has 0 bridgehead atoms. The van der Waals surface area contributed by atoms with Crippen molar-refractivity contribution in [2.24, 2.45) is 0 Å². The van der Waals surface area contributed by atoms with Gasteiger partial charge in [0.1, 0.15) is 0 Å². The Morgan fingerprint density at radius 1 is 1.29 bits per heavy atom. The first-order valence-electron chi connectivity index (χ1n) is 6.81. The summed E-state index contributed by atoms with van der Waals surface area (Å²) in [5.41, 5.74) is 1.00. The maximum absolute atomic E-state index is 5.50. The summed E-state index contributed by atoms with van der Waals surface area (Å²) in [5, 5.41) is 6.02. The summed E-state index contributed by atoms with van der Waals surface area (Å²) < 4.78 is 5.50. The summed E-state index contributed by atoms with van der Waals surface area (Å²) >= 11 is 1.64. The van der Waals surface area contributed by atoms with Crippen molar-refractivity contribution in [2.45, 2.75) is 26.8 Å². The van der Waals surface area contributed by atoms with Crippen LogP contribution in [0.1, 0.15) is 24.0 Å². The van der Waals surface area contributed by atoms with Gasteiger partial charge in [0.25, 0.3) is 0 Å². The summed E-state index contributed by atoms with van der Waals surface area (Å²) in [4.78, 5) is 19.3. The van der Waals surface area contributed by atoms with Crippen molar-refractivity contribution in [3.05, 3.63) is 16.1 Å². The van der Waals surface area contributed by atoms with Gasteiger partial charge in [-0.3, -0.25) is 0 Å². The van der Waals surface area contributed by atoms with E-state index in [4.69, 9.17) is 4.74 Å². The summed E-state index contributed by atoms with van der Waals surface area (Å²) in [5.74, 6) is 1.05. The van der Waals surface area contributed by atoms with Crippen LogP contribution in [0.3, 0.4) is 0 Å². The zero-order valence-corrected chi connectivity index (χ0v) is 13.6. The number of hydrogen-bond acceptors (Lipinski definition) is 8. The Labute approximate surface area is 128 Å². The number of rotatable bonds is 7. The predicted octanol–water partition coefficient (Wildman–Crippen LogP) is 2.10. The number of ether oxygens (including phenoxy) is 1. The third-order valence-electron chi connectivity index (χ3n) is 2.67. The Balaban J connectivity index is 2.16. The lowest BCUT2D eigenvalue weighted by Crippen LogP contribution is -2.21.